The first-order valence-corrected chi connectivity index (χ1v) is 11.1. The van der Waals surface area contributed by atoms with Crippen LogP contribution < -0.4 is 19.7 Å². The summed E-state index contributed by atoms with van der Waals surface area (Å²) in [4.78, 5) is 28.7. The third kappa shape index (κ3) is 5.36. The first-order chi connectivity index (χ1) is 16.5. The number of hydrogen-bond acceptors (Lipinski definition) is 8. The molecule has 0 spiro atoms. The first-order valence-electron chi connectivity index (χ1n) is 11.1. The fourth-order valence-electron chi connectivity index (χ4n) is 3.97. The number of ether oxygens (including phenoxy) is 2. The van der Waals surface area contributed by atoms with Crippen molar-refractivity contribution >= 4 is 17.5 Å². The summed E-state index contributed by atoms with van der Waals surface area (Å²) < 4.78 is 16.2. The monoisotopic (exact) mass is 468 g/mol. The van der Waals surface area contributed by atoms with E-state index in [2.05, 4.69) is 20.7 Å². The van der Waals surface area contributed by atoms with E-state index in [-0.39, 0.29) is 36.8 Å². The number of benzene rings is 1. The van der Waals surface area contributed by atoms with Crippen LogP contribution in [0.15, 0.2) is 34.7 Å². The van der Waals surface area contributed by atoms with Crippen molar-refractivity contribution in [3.63, 3.8) is 0 Å². The van der Waals surface area contributed by atoms with Gasteiger partial charge in [0.05, 0.1) is 14.2 Å². The molecule has 2 amide bonds. The number of methoxy groups -OCH3 is 2. The van der Waals surface area contributed by atoms with Crippen LogP contribution in [0.5, 0.6) is 11.5 Å². The molecular formula is C23H28N6O5. The van der Waals surface area contributed by atoms with Gasteiger partial charge in [0, 0.05) is 17.8 Å². The number of furan rings is 1. The Balaban J connectivity index is 1.54. The molecule has 1 fully saturated rings. The van der Waals surface area contributed by atoms with Crippen LogP contribution in [0.4, 0.5) is 5.69 Å². The highest BCUT2D eigenvalue weighted by atomic mass is 16.5. The number of hydrogen-bond donors (Lipinski definition) is 1. The van der Waals surface area contributed by atoms with E-state index in [1.54, 1.807) is 30.3 Å². The van der Waals surface area contributed by atoms with Gasteiger partial charge < -0.3 is 24.1 Å². The van der Waals surface area contributed by atoms with Crippen LogP contribution >= 0.6 is 0 Å². The highest BCUT2D eigenvalue weighted by Crippen LogP contribution is 2.31. The van der Waals surface area contributed by atoms with Gasteiger partial charge in [-0.3, -0.25) is 9.59 Å². The number of aromatic nitrogens is 4. The van der Waals surface area contributed by atoms with Gasteiger partial charge >= 0.3 is 0 Å². The molecule has 0 unspecified atom stereocenters. The largest absolute Gasteiger partial charge is 0.493 e. The number of rotatable bonds is 9. The van der Waals surface area contributed by atoms with E-state index < -0.39 is 0 Å². The summed E-state index contributed by atoms with van der Waals surface area (Å²) in [7, 11) is 3.04. The molecule has 0 aliphatic heterocycles. The summed E-state index contributed by atoms with van der Waals surface area (Å²) >= 11 is 0. The van der Waals surface area contributed by atoms with Gasteiger partial charge in [0.1, 0.15) is 18.8 Å². The van der Waals surface area contributed by atoms with E-state index in [1.807, 2.05) is 6.92 Å². The van der Waals surface area contributed by atoms with Crippen LogP contribution in [0.25, 0.3) is 11.6 Å². The Morgan fingerprint density at radius 2 is 1.91 bits per heavy atom. The zero-order valence-electron chi connectivity index (χ0n) is 19.5. The Labute approximate surface area is 197 Å². The zero-order chi connectivity index (χ0) is 24.1. The minimum atomic E-state index is -0.381. The van der Waals surface area contributed by atoms with Crippen molar-refractivity contribution in [3.8, 4) is 23.1 Å². The number of nitrogens with zero attached hydrogens (tertiary/aromatic N) is 5. The van der Waals surface area contributed by atoms with Crippen molar-refractivity contribution in [2.45, 2.75) is 45.2 Å². The number of amides is 2. The summed E-state index contributed by atoms with van der Waals surface area (Å²) in [5.41, 5.74) is 0.492. The van der Waals surface area contributed by atoms with Gasteiger partial charge in [0.25, 0.3) is 5.91 Å². The summed E-state index contributed by atoms with van der Waals surface area (Å²) in [6.45, 7) is 1.45. The second-order valence-electron chi connectivity index (χ2n) is 8.12. The number of aryl methyl sites for hydroxylation is 1. The fraction of sp³-hybridized carbons (Fsp3) is 0.435. The van der Waals surface area contributed by atoms with Crippen molar-refractivity contribution in [1.29, 1.82) is 0 Å². The van der Waals surface area contributed by atoms with Crippen molar-refractivity contribution in [3.05, 3.63) is 36.1 Å². The molecule has 0 saturated heterocycles. The van der Waals surface area contributed by atoms with Crippen LogP contribution in [0.2, 0.25) is 0 Å². The molecule has 1 aromatic carbocycles. The van der Waals surface area contributed by atoms with E-state index >= 15 is 0 Å². The lowest BCUT2D eigenvalue weighted by molar-refractivity contribution is -0.124. The minimum Gasteiger partial charge on any atom is -0.493 e. The van der Waals surface area contributed by atoms with Crippen LogP contribution in [0, 0.1) is 6.92 Å². The molecule has 1 saturated carbocycles. The van der Waals surface area contributed by atoms with E-state index in [4.69, 9.17) is 13.9 Å². The van der Waals surface area contributed by atoms with E-state index in [0.29, 0.717) is 22.9 Å². The van der Waals surface area contributed by atoms with Crippen LogP contribution in [-0.4, -0.2) is 58.8 Å². The SMILES string of the molecule is COc1ccc(N(CC(=O)NC2CCCC2)C(=O)Cn2nnc(-c3ccc(C)o3)n2)cc1OC. The third-order valence-electron chi connectivity index (χ3n) is 5.69. The number of carbonyl (C=O) groups is 2. The van der Waals surface area contributed by atoms with Crippen molar-refractivity contribution < 1.29 is 23.5 Å². The first kappa shape index (κ1) is 23.3. The van der Waals surface area contributed by atoms with Gasteiger partial charge in [-0.05, 0) is 49.2 Å². The predicted octanol–water partition coefficient (Wildman–Crippen LogP) is 2.35. The van der Waals surface area contributed by atoms with Crippen molar-refractivity contribution in [1.82, 2.24) is 25.5 Å². The summed E-state index contributed by atoms with van der Waals surface area (Å²) in [6, 6.07) is 8.73. The third-order valence-corrected chi connectivity index (χ3v) is 5.69. The molecule has 2 heterocycles. The standard InChI is InChI=1S/C23H28N6O5/c1-15-8-10-19(34-15)23-25-27-29(26-23)14-22(31)28(13-21(30)24-16-6-4-5-7-16)17-9-11-18(32-2)20(12-17)33-3/h8-12,16H,4-7,13-14H2,1-3H3,(H,24,30). The van der Waals surface area contributed by atoms with Crippen LogP contribution in [0.1, 0.15) is 31.4 Å². The molecule has 11 nitrogen and oxygen atoms in total. The second-order valence-corrected chi connectivity index (χ2v) is 8.12. The predicted molar refractivity (Wildman–Crippen MR) is 123 cm³/mol. The molecule has 0 radical (unpaired) electrons. The number of carbonyl (C=O) groups excluding carboxylic acids is 2. The average molecular weight is 469 g/mol. The number of anilines is 1. The maximum atomic E-state index is 13.3. The maximum absolute atomic E-state index is 13.3. The Bertz CT molecular complexity index is 1150. The van der Waals surface area contributed by atoms with Gasteiger partial charge in [0.15, 0.2) is 17.3 Å². The zero-order valence-corrected chi connectivity index (χ0v) is 19.5. The normalized spacial score (nSPS) is 13.6. The molecule has 0 bridgehead atoms. The van der Waals surface area contributed by atoms with E-state index in [1.165, 1.54) is 23.9 Å². The highest BCUT2D eigenvalue weighted by molar-refractivity contribution is 5.98. The summed E-state index contributed by atoms with van der Waals surface area (Å²) in [6.07, 6.45) is 4.10. The fourth-order valence-corrected chi connectivity index (χ4v) is 3.97. The number of nitrogens with one attached hydrogen (secondary N) is 1. The molecule has 3 aromatic rings. The quantitative estimate of drug-likeness (QED) is 0.507. The van der Waals surface area contributed by atoms with E-state index in [9.17, 15) is 9.59 Å². The molecule has 1 aliphatic carbocycles. The topological polar surface area (TPSA) is 125 Å². The van der Waals surface area contributed by atoms with Gasteiger partial charge in [-0.1, -0.05) is 12.8 Å². The molecular weight excluding hydrogens is 440 g/mol. The molecule has 1 N–H and O–H groups in total. The lowest BCUT2D eigenvalue weighted by Crippen LogP contribution is -2.45. The van der Waals surface area contributed by atoms with Crippen molar-refractivity contribution in [2.24, 2.45) is 0 Å². The Kier molecular flexibility index (Phi) is 7.09. The highest BCUT2D eigenvalue weighted by Gasteiger charge is 2.24. The van der Waals surface area contributed by atoms with Crippen LogP contribution in [0.3, 0.4) is 0 Å². The molecule has 1 aliphatic rings. The van der Waals surface area contributed by atoms with E-state index in [0.717, 1.165) is 31.4 Å². The average Bonchev–Trinajstić information content (AvgIpc) is 3.59. The molecule has 34 heavy (non-hydrogen) atoms. The Hall–Kier alpha value is -3.89. The lowest BCUT2D eigenvalue weighted by atomic mass is 10.2. The van der Waals surface area contributed by atoms with Gasteiger partial charge in [0.2, 0.25) is 11.7 Å². The van der Waals surface area contributed by atoms with Crippen LogP contribution in [-0.2, 0) is 16.1 Å². The molecule has 0 atom stereocenters. The molecule has 2 aromatic heterocycles. The molecule has 11 heteroatoms. The summed E-state index contributed by atoms with van der Waals surface area (Å²) in [5.74, 6) is 1.81. The minimum absolute atomic E-state index is 0.145. The lowest BCUT2D eigenvalue weighted by Gasteiger charge is -2.24. The van der Waals surface area contributed by atoms with Gasteiger partial charge in [-0.2, -0.15) is 4.80 Å². The Morgan fingerprint density at radius 3 is 2.59 bits per heavy atom. The summed E-state index contributed by atoms with van der Waals surface area (Å²) in [5, 5.41) is 15.2. The van der Waals surface area contributed by atoms with Crippen molar-refractivity contribution in [2.75, 3.05) is 25.7 Å². The molecule has 180 valence electrons. The number of tetrazole rings is 1. The maximum Gasteiger partial charge on any atom is 0.251 e. The smallest absolute Gasteiger partial charge is 0.251 e. The molecule has 4 rings (SSSR count). The van der Waals surface area contributed by atoms with Gasteiger partial charge in [-0.15, -0.1) is 10.2 Å². The van der Waals surface area contributed by atoms with Gasteiger partial charge in [-0.25, -0.2) is 0 Å². The Morgan fingerprint density at radius 1 is 1.15 bits per heavy atom. The second kappa shape index (κ2) is 10.4.